The molecule has 0 bridgehead atoms. The van der Waals surface area contributed by atoms with E-state index in [1.165, 1.54) is 20.2 Å². The zero-order valence-electron chi connectivity index (χ0n) is 19.9. The highest BCUT2D eigenvalue weighted by Crippen LogP contribution is 2.40. The maximum absolute atomic E-state index is 5.22. The highest BCUT2D eigenvalue weighted by molar-refractivity contribution is 7.26. The molecule has 176 valence electrons. The van der Waals surface area contributed by atoms with Gasteiger partial charge in [-0.1, -0.05) is 66.7 Å². The number of rotatable bonds is 5. The van der Waals surface area contributed by atoms with E-state index in [1.54, 1.807) is 6.20 Å². The number of para-hydroxylation sites is 1. The van der Waals surface area contributed by atoms with Crippen LogP contribution in [0, 0.1) is 0 Å². The SMILES string of the molecule is c1ccc(N(c2cccc(-n3cccn3)c2)c2cccc(-c3cccc4c3sc3ccccc34)n2)cc1. The fourth-order valence-electron chi connectivity index (χ4n) is 4.83. The molecule has 3 aromatic heterocycles. The maximum Gasteiger partial charge on any atom is 0.138 e. The fraction of sp³-hybridized carbons (Fsp3) is 0. The number of thiophene rings is 1. The van der Waals surface area contributed by atoms with E-state index >= 15 is 0 Å². The van der Waals surface area contributed by atoms with Gasteiger partial charge in [0.25, 0.3) is 0 Å². The van der Waals surface area contributed by atoms with Gasteiger partial charge in [0, 0.05) is 49.5 Å². The molecular formula is C32H22N4S. The molecule has 0 aliphatic heterocycles. The molecule has 0 atom stereocenters. The molecule has 0 saturated carbocycles. The van der Waals surface area contributed by atoms with Crippen molar-refractivity contribution >= 4 is 48.7 Å². The Morgan fingerprint density at radius 2 is 1.43 bits per heavy atom. The Morgan fingerprint density at radius 3 is 2.32 bits per heavy atom. The molecule has 5 heteroatoms. The zero-order chi connectivity index (χ0) is 24.6. The van der Waals surface area contributed by atoms with E-state index in [4.69, 9.17) is 4.98 Å². The molecule has 0 aliphatic carbocycles. The Kier molecular flexibility index (Phi) is 5.26. The third-order valence-corrected chi connectivity index (χ3v) is 7.73. The predicted molar refractivity (Wildman–Crippen MR) is 154 cm³/mol. The van der Waals surface area contributed by atoms with Crippen molar-refractivity contribution in [3.63, 3.8) is 0 Å². The number of hydrogen-bond acceptors (Lipinski definition) is 4. The molecule has 7 aromatic rings. The van der Waals surface area contributed by atoms with Crippen LogP contribution in [0.15, 0.2) is 134 Å². The smallest absolute Gasteiger partial charge is 0.138 e. The first kappa shape index (κ1) is 21.5. The molecule has 0 fully saturated rings. The third-order valence-electron chi connectivity index (χ3n) is 6.52. The van der Waals surface area contributed by atoms with Crippen LogP contribution in [-0.4, -0.2) is 14.8 Å². The number of fused-ring (bicyclic) bond motifs is 3. The van der Waals surface area contributed by atoms with E-state index in [-0.39, 0.29) is 0 Å². The van der Waals surface area contributed by atoms with Gasteiger partial charge in [-0.15, -0.1) is 11.3 Å². The molecule has 4 nitrogen and oxygen atoms in total. The van der Waals surface area contributed by atoms with E-state index in [2.05, 4.69) is 119 Å². The van der Waals surface area contributed by atoms with Crippen LogP contribution in [0.2, 0.25) is 0 Å². The molecule has 0 N–H and O–H groups in total. The van der Waals surface area contributed by atoms with Crippen LogP contribution in [0.4, 0.5) is 17.2 Å². The van der Waals surface area contributed by atoms with Crippen molar-refractivity contribution in [2.75, 3.05) is 4.90 Å². The summed E-state index contributed by atoms with van der Waals surface area (Å²) >= 11 is 1.83. The summed E-state index contributed by atoms with van der Waals surface area (Å²) < 4.78 is 4.43. The average Bonchev–Trinajstić information content (AvgIpc) is 3.63. The molecule has 0 radical (unpaired) electrons. The molecule has 0 spiro atoms. The second-order valence-electron chi connectivity index (χ2n) is 8.80. The van der Waals surface area contributed by atoms with Crippen LogP contribution >= 0.6 is 11.3 Å². The van der Waals surface area contributed by atoms with Gasteiger partial charge >= 0.3 is 0 Å². The Bertz CT molecular complexity index is 1840. The quantitative estimate of drug-likeness (QED) is 0.240. The summed E-state index contributed by atoms with van der Waals surface area (Å²) in [5.41, 5.74) is 5.17. The first-order chi connectivity index (χ1) is 18.3. The Hall–Kier alpha value is -4.74. The van der Waals surface area contributed by atoms with Crippen molar-refractivity contribution in [3.05, 3.63) is 134 Å². The largest absolute Gasteiger partial charge is 0.295 e. The Morgan fingerprint density at radius 1 is 0.649 bits per heavy atom. The van der Waals surface area contributed by atoms with Gasteiger partial charge in [0.1, 0.15) is 5.82 Å². The lowest BCUT2D eigenvalue weighted by atomic mass is 10.1. The van der Waals surface area contributed by atoms with Gasteiger partial charge in [-0.2, -0.15) is 5.10 Å². The Balaban J connectivity index is 1.39. The number of benzene rings is 4. The molecule has 37 heavy (non-hydrogen) atoms. The van der Waals surface area contributed by atoms with Gasteiger partial charge in [-0.3, -0.25) is 4.90 Å². The molecule has 0 amide bonds. The monoisotopic (exact) mass is 494 g/mol. The summed E-state index contributed by atoms with van der Waals surface area (Å²) in [5, 5.41) is 6.99. The van der Waals surface area contributed by atoms with Crippen LogP contribution in [-0.2, 0) is 0 Å². The topological polar surface area (TPSA) is 34.0 Å². The summed E-state index contributed by atoms with van der Waals surface area (Å²) in [6.07, 6.45) is 3.75. The second kappa shape index (κ2) is 9.04. The number of nitrogens with zero attached hydrogens (tertiary/aromatic N) is 4. The van der Waals surface area contributed by atoms with Gasteiger partial charge in [-0.25, -0.2) is 9.67 Å². The summed E-state index contributed by atoms with van der Waals surface area (Å²) in [6, 6.07) is 42.1. The summed E-state index contributed by atoms with van der Waals surface area (Å²) in [4.78, 5) is 7.41. The van der Waals surface area contributed by atoms with Crippen LogP contribution in [0.3, 0.4) is 0 Å². The predicted octanol–water partition coefficient (Wildman–Crippen LogP) is 8.77. The minimum absolute atomic E-state index is 0.861. The number of anilines is 3. The second-order valence-corrected chi connectivity index (χ2v) is 9.86. The van der Waals surface area contributed by atoms with Crippen LogP contribution in [0.25, 0.3) is 37.1 Å². The van der Waals surface area contributed by atoms with E-state index < -0.39 is 0 Å². The number of hydrogen-bond donors (Lipinski definition) is 0. The lowest BCUT2D eigenvalue weighted by Crippen LogP contribution is -2.12. The van der Waals surface area contributed by atoms with Gasteiger partial charge in [0.15, 0.2) is 0 Å². The molecule has 0 aliphatic rings. The van der Waals surface area contributed by atoms with E-state index in [0.29, 0.717) is 0 Å². The molecule has 4 aromatic carbocycles. The van der Waals surface area contributed by atoms with Crippen molar-refractivity contribution in [2.45, 2.75) is 0 Å². The van der Waals surface area contributed by atoms with Gasteiger partial charge < -0.3 is 0 Å². The summed E-state index contributed by atoms with van der Waals surface area (Å²) in [6.45, 7) is 0. The molecular weight excluding hydrogens is 472 g/mol. The normalized spacial score (nSPS) is 11.2. The third kappa shape index (κ3) is 3.86. The van der Waals surface area contributed by atoms with Crippen molar-refractivity contribution in [2.24, 2.45) is 0 Å². The minimum Gasteiger partial charge on any atom is -0.295 e. The standard InChI is InChI=1S/C32H22N4S/c1-2-10-23(11-3-1)36(25-13-6-12-24(22-25)35-21-9-20-33-35)31-19-8-17-29(34-31)28-16-7-15-27-26-14-4-5-18-30(26)37-32(27)28/h1-22H. The van der Waals surface area contributed by atoms with Crippen LogP contribution in [0.1, 0.15) is 0 Å². The lowest BCUT2D eigenvalue weighted by molar-refractivity contribution is 0.880. The molecule has 0 saturated heterocycles. The first-order valence-corrected chi connectivity index (χ1v) is 13.0. The molecule has 7 rings (SSSR count). The van der Waals surface area contributed by atoms with Crippen molar-refractivity contribution < 1.29 is 0 Å². The highest BCUT2D eigenvalue weighted by Gasteiger charge is 2.17. The van der Waals surface area contributed by atoms with Crippen molar-refractivity contribution in [3.8, 4) is 16.9 Å². The summed E-state index contributed by atoms with van der Waals surface area (Å²) in [5.74, 6) is 0.861. The van der Waals surface area contributed by atoms with Gasteiger partial charge in [0.05, 0.1) is 11.4 Å². The zero-order valence-corrected chi connectivity index (χ0v) is 20.7. The van der Waals surface area contributed by atoms with E-state index in [9.17, 15) is 0 Å². The van der Waals surface area contributed by atoms with E-state index in [0.717, 1.165) is 34.1 Å². The lowest BCUT2D eigenvalue weighted by Gasteiger charge is -2.25. The van der Waals surface area contributed by atoms with Crippen LogP contribution < -0.4 is 4.90 Å². The molecule has 0 unspecified atom stereocenters. The number of pyridine rings is 1. The minimum atomic E-state index is 0.861. The van der Waals surface area contributed by atoms with Crippen molar-refractivity contribution in [1.29, 1.82) is 0 Å². The maximum atomic E-state index is 5.22. The van der Waals surface area contributed by atoms with Crippen LogP contribution in [0.5, 0.6) is 0 Å². The Labute approximate surface area is 218 Å². The van der Waals surface area contributed by atoms with Gasteiger partial charge in [0.2, 0.25) is 0 Å². The van der Waals surface area contributed by atoms with Crippen molar-refractivity contribution in [1.82, 2.24) is 14.8 Å². The highest BCUT2D eigenvalue weighted by atomic mass is 32.1. The first-order valence-electron chi connectivity index (χ1n) is 12.2. The molecule has 3 heterocycles. The van der Waals surface area contributed by atoms with E-state index in [1.807, 2.05) is 34.3 Å². The fourth-order valence-corrected chi connectivity index (χ4v) is 6.06. The number of aromatic nitrogens is 3. The average molecular weight is 495 g/mol. The summed E-state index contributed by atoms with van der Waals surface area (Å²) in [7, 11) is 0. The van der Waals surface area contributed by atoms with Gasteiger partial charge in [-0.05, 0) is 54.6 Å².